The van der Waals surface area contributed by atoms with Crippen LogP contribution in [0.4, 0.5) is 4.79 Å². The van der Waals surface area contributed by atoms with Crippen LogP contribution in [0.5, 0.6) is 0 Å². The zero-order valence-electron chi connectivity index (χ0n) is 10.4. The lowest BCUT2D eigenvalue weighted by Gasteiger charge is -2.34. The van der Waals surface area contributed by atoms with Crippen molar-refractivity contribution in [2.75, 3.05) is 13.1 Å². The van der Waals surface area contributed by atoms with Crippen LogP contribution in [0.3, 0.4) is 0 Å². The van der Waals surface area contributed by atoms with Crippen LogP contribution in [-0.2, 0) is 4.79 Å². The van der Waals surface area contributed by atoms with Gasteiger partial charge < -0.3 is 5.32 Å². The number of nitrogens with zero attached hydrogens (tertiary/aromatic N) is 1. The fraction of sp³-hybridized carbons (Fsp3) is 0.818. The van der Waals surface area contributed by atoms with Gasteiger partial charge in [-0.2, -0.15) is 0 Å². The molecule has 7 heteroatoms. The highest BCUT2D eigenvalue weighted by atomic mass is 33.1. The number of nitrogens with one attached hydrogen (secondary N) is 1. The van der Waals surface area contributed by atoms with Gasteiger partial charge in [0, 0.05) is 40.9 Å². The van der Waals surface area contributed by atoms with Crippen molar-refractivity contribution >= 4 is 43.9 Å². The molecule has 0 bridgehead atoms. The molecule has 1 amide bonds. The number of piperidine rings is 1. The predicted octanol–water partition coefficient (Wildman–Crippen LogP) is 2.90. The Hall–Kier alpha value is 0.150. The predicted molar refractivity (Wildman–Crippen MR) is 79.6 cm³/mol. The Morgan fingerprint density at radius 3 is 2.72 bits per heavy atom. The van der Waals surface area contributed by atoms with Crippen LogP contribution >= 0.6 is 33.5 Å². The fourth-order valence-corrected chi connectivity index (χ4v) is 5.45. The summed E-state index contributed by atoms with van der Waals surface area (Å²) >= 11 is 1.18. The average Bonchev–Trinajstić information content (AvgIpc) is 2.41. The third-order valence-corrected chi connectivity index (χ3v) is 7.08. The first-order valence-electron chi connectivity index (χ1n) is 6.31. The Kier molecular flexibility index (Phi) is 5.72. The zero-order chi connectivity index (χ0) is 13.0. The van der Waals surface area contributed by atoms with Gasteiger partial charge in [0.15, 0.2) is 0 Å². The maximum Gasteiger partial charge on any atom is 0.258 e. The molecule has 0 aromatic rings. The summed E-state index contributed by atoms with van der Waals surface area (Å²) in [7, 11) is 2.80. The second kappa shape index (κ2) is 7.07. The van der Waals surface area contributed by atoms with Crippen molar-refractivity contribution in [3.63, 3.8) is 0 Å². The van der Waals surface area contributed by atoms with E-state index in [0.29, 0.717) is 0 Å². The maximum atomic E-state index is 11.8. The zero-order valence-corrected chi connectivity index (χ0v) is 12.8. The number of rotatable bonds is 4. The van der Waals surface area contributed by atoms with E-state index in [1.807, 2.05) is 6.92 Å². The molecule has 0 radical (unpaired) electrons. The first kappa shape index (κ1) is 14.6. The van der Waals surface area contributed by atoms with Gasteiger partial charge in [-0.25, -0.2) is 4.31 Å². The molecule has 2 aliphatic heterocycles. The molecule has 18 heavy (non-hydrogen) atoms. The van der Waals surface area contributed by atoms with E-state index in [2.05, 4.69) is 9.62 Å². The summed E-state index contributed by atoms with van der Waals surface area (Å²) in [6, 6.07) is 0.173. The molecule has 4 nitrogen and oxygen atoms in total. The lowest BCUT2D eigenvalue weighted by atomic mass is 10.0. The topological polar surface area (TPSA) is 49.4 Å². The summed E-state index contributed by atoms with van der Waals surface area (Å²) in [6.07, 6.45) is 4.63. The van der Waals surface area contributed by atoms with Gasteiger partial charge in [-0.3, -0.25) is 9.59 Å². The first-order chi connectivity index (χ1) is 8.70. The quantitative estimate of drug-likeness (QED) is 0.489. The molecular weight excluding hydrogens is 288 g/mol. The first-order valence-corrected chi connectivity index (χ1v) is 9.30. The van der Waals surface area contributed by atoms with E-state index in [1.54, 1.807) is 11.0 Å². The minimum absolute atomic E-state index is 0.00349. The smallest absolute Gasteiger partial charge is 0.258 e. The van der Waals surface area contributed by atoms with Crippen LogP contribution < -0.4 is 5.32 Å². The van der Waals surface area contributed by atoms with Crippen LogP contribution in [-0.4, -0.2) is 39.0 Å². The van der Waals surface area contributed by atoms with E-state index < -0.39 is 0 Å². The Balaban J connectivity index is 1.67. The highest BCUT2D eigenvalue weighted by molar-refractivity contribution is 8.85. The number of thioether (sulfide) groups is 1. The minimum atomic E-state index is -0.169. The van der Waals surface area contributed by atoms with Gasteiger partial charge in [0.25, 0.3) is 4.45 Å². The second-order valence-electron chi connectivity index (χ2n) is 4.46. The Labute approximate surface area is 120 Å². The van der Waals surface area contributed by atoms with Crippen molar-refractivity contribution in [1.82, 2.24) is 9.62 Å². The summed E-state index contributed by atoms with van der Waals surface area (Å²) in [5.41, 5.74) is 0. The molecule has 0 spiro atoms. The summed E-state index contributed by atoms with van der Waals surface area (Å²) in [5, 5.41) is 2.65. The molecule has 0 aliphatic carbocycles. The Morgan fingerprint density at radius 2 is 2.11 bits per heavy atom. The second-order valence-corrected chi connectivity index (χ2v) is 7.98. The largest absolute Gasteiger partial charge is 0.351 e. The summed E-state index contributed by atoms with van der Waals surface area (Å²) in [5.74, 6) is 0.00349. The minimum Gasteiger partial charge on any atom is -0.351 e. The number of hydrogen-bond acceptors (Lipinski definition) is 6. The normalized spacial score (nSPS) is 28.6. The van der Waals surface area contributed by atoms with Crippen molar-refractivity contribution < 1.29 is 9.59 Å². The van der Waals surface area contributed by atoms with E-state index in [-0.39, 0.29) is 21.6 Å². The van der Waals surface area contributed by atoms with E-state index in [1.165, 1.54) is 41.8 Å². The number of β-lactam (4-membered cyclic amide) rings is 1. The molecule has 0 aromatic heterocycles. The number of amides is 1. The Morgan fingerprint density at radius 1 is 1.39 bits per heavy atom. The molecule has 0 aromatic carbocycles. The van der Waals surface area contributed by atoms with Gasteiger partial charge in [0.05, 0.1) is 0 Å². The van der Waals surface area contributed by atoms with Crippen LogP contribution in [0, 0.1) is 0 Å². The molecule has 1 N–H and O–H groups in total. The van der Waals surface area contributed by atoms with E-state index >= 15 is 0 Å². The molecule has 102 valence electrons. The molecule has 2 saturated heterocycles. The van der Waals surface area contributed by atoms with Crippen molar-refractivity contribution in [2.45, 2.75) is 43.9 Å². The number of carbonyl (C=O) groups excluding carboxylic acids is 2. The van der Waals surface area contributed by atoms with E-state index in [0.717, 1.165) is 19.5 Å². The summed E-state index contributed by atoms with van der Waals surface area (Å²) in [6.45, 7) is 4.16. The molecule has 2 aliphatic rings. The lowest BCUT2D eigenvalue weighted by molar-refractivity contribution is -0.127. The number of carbonyl (C=O) groups is 2. The average molecular weight is 306 g/mol. The van der Waals surface area contributed by atoms with E-state index in [4.69, 9.17) is 0 Å². The van der Waals surface area contributed by atoms with Gasteiger partial charge in [0.2, 0.25) is 5.91 Å². The maximum absolute atomic E-state index is 11.8. The molecule has 2 unspecified atom stereocenters. The summed E-state index contributed by atoms with van der Waals surface area (Å²) in [4.78, 5) is 23.1. The van der Waals surface area contributed by atoms with Crippen molar-refractivity contribution in [3.05, 3.63) is 0 Å². The van der Waals surface area contributed by atoms with Crippen LogP contribution in [0.25, 0.3) is 0 Å². The van der Waals surface area contributed by atoms with Gasteiger partial charge in [-0.1, -0.05) is 25.1 Å². The van der Waals surface area contributed by atoms with E-state index in [9.17, 15) is 9.59 Å². The number of hydrogen-bond donors (Lipinski definition) is 1. The molecule has 0 saturated carbocycles. The van der Waals surface area contributed by atoms with Crippen molar-refractivity contribution in [1.29, 1.82) is 0 Å². The lowest BCUT2D eigenvalue weighted by Crippen LogP contribution is -2.60. The molecular formula is C11H18N2O2S3. The van der Waals surface area contributed by atoms with Gasteiger partial charge in [0.1, 0.15) is 5.25 Å². The standard InChI is InChI=1S/C11H18N2O2S3/c1-2-8-9(10(14)12-8)16-11(15)17-18-13-6-4-3-5-7-13/h8-9H,2-7H2,1H3,(H,12,14). The third-order valence-electron chi connectivity index (χ3n) is 3.14. The van der Waals surface area contributed by atoms with Gasteiger partial charge in [-0.05, 0) is 19.3 Å². The van der Waals surface area contributed by atoms with Gasteiger partial charge >= 0.3 is 0 Å². The molecule has 2 heterocycles. The molecule has 2 atom stereocenters. The van der Waals surface area contributed by atoms with Crippen molar-refractivity contribution in [2.24, 2.45) is 0 Å². The van der Waals surface area contributed by atoms with Crippen molar-refractivity contribution in [3.8, 4) is 0 Å². The molecule has 2 rings (SSSR count). The third kappa shape index (κ3) is 3.82. The fourth-order valence-electron chi connectivity index (χ4n) is 2.02. The van der Waals surface area contributed by atoms with Crippen LogP contribution in [0.2, 0.25) is 0 Å². The van der Waals surface area contributed by atoms with Crippen LogP contribution in [0.15, 0.2) is 0 Å². The Bertz CT molecular complexity index is 321. The van der Waals surface area contributed by atoms with Crippen LogP contribution in [0.1, 0.15) is 32.6 Å². The monoisotopic (exact) mass is 306 g/mol. The summed E-state index contributed by atoms with van der Waals surface area (Å²) < 4.78 is 2.29. The molecule has 2 fully saturated rings. The SMILES string of the molecule is CCC1NC(=O)C1SC(=O)SSN1CCCCC1. The highest BCUT2D eigenvalue weighted by Gasteiger charge is 2.40. The highest BCUT2D eigenvalue weighted by Crippen LogP contribution is 2.37. The van der Waals surface area contributed by atoms with Gasteiger partial charge in [-0.15, -0.1) is 0 Å².